The molecule has 186 valence electrons. The van der Waals surface area contributed by atoms with E-state index in [1.807, 2.05) is 41.3 Å². The smallest absolute Gasteiger partial charge is 0.260 e. The van der Waals surface area contributed by atoms with Crippen molar-refractivity contribution in [2.24, 2.45) is 0 Å². The number of morpholine rings is 1. The molecule has 9 heteroatoms. The number of ether oxygens (including phenoxy) is 4. The lowest BCUT2D eigenvalue weighted by molar-refractivity contribution is -0.137. The summed E-state index contributed by atoms with van der Waals surface area (Å²) in [5.74, 6) is 0.863. The first-order valence-electron chi connectivity index (χ1n) is 12.1. The number of fused-ring (bicyclic) bond motifs is 1. The summed E-state index contributed by atoms with van der Waals surface area (Å²) in [4.78, 5) is 29.5. The van der Waals surface area contributed by atoms with E-state index >= 15 is 0 Å². The predicted molar refractivity (Wildman–Crippen MR) is 129 cm³/mol. The highest BCUT2D eigenvalue weighted by Gasteiger charge is 2.35. The van der Waals surface area contributed by atoms with Crippen molar-refractivity contribution in [2.45, 2.75) is 25.1 Å². The molecule has 3 aliphatic rings. The van der Waals surface area contributed by atoms with Gasteiger partial charge in [0, 0.05) is 31.9 Å². The van der Waals surface area contributed by atoms with Gasteiger partial charge in [-0.15, -0.1) is 0 Å². The number of nitrogens with zero attached hydrogens (tertiary/aromatic N) is 2. The number of hydrogen-bond acceptors (Lipinski definition) is 7. The number of rotatable bonds is 7. The third kappa shape index (κ3) is 5.06. The monoisotopic (exact) mass is 481 g/mol. The molecule has 35 heavy (non-hydrogen) atoms. The van der Waals surface area contributed by atoms with Gasteiger partial charge in [-0.3, -0.25) is 9.59 Å². The molecule has 0 unspecified atom stereocenters. The Morgan fingerprint density at radius 1 is 1.11 bits per heavy atom. The van der Waals surface area contributed by atoms with E-state index in [-0.39, 0.29) is 30.7 Å². The van der Waals surface area contributed by atoms with Gasteiger partial charge in [-0.2, -0.15) is 0 Å². The van der Waals surface area contributed by atoms with Gasteiger partial charge in [0.25, 0.3) is 11.8 Å². The van der Waals surface area contributed by atoms with Crippen LogP contribution >= 0.6 is 0 Å². The summed E-state index contributed by atoms with van der Waals surface area (Å²) < 4.78 is 22.6. The highest BCUT2D eigenvalue weighted by molar-refractivity contribution is 6.01. The molecule has 2 aromatic carbocycles. The van der Waals surface area contributed by atoms with Crippen molar-refractivity contribution < 1.29 is 28.5 Å². The molecule has 0 spiro atoms. The van der Waals surface area contributed by atoms with Crippen molar-refractivity contribution in [2.75, 3.05) is 58.5 Å². The number of para-hydroxylation sites is 1. The Bertz CT molecular complexity index is 1060. The average molecular weight is 482 g/mol. The van der Waals surface area contributed by atoms with Gasteiger partial charge in [0.15, 0.2) is 18.1 Å². The second-order valence-electron chi connectivity index (χ2n) is 8.88. The minimum Gasteiger partial charge on any atom is -0.493 e. The minimum atomic E-state index is -0.389. The molecule has 2 fully saturated rings. The van der Waals surface area contributed by atoms with Gasteiger partial charge in [-0.1, -0.05) is 18.2 Å². The normalized spacial score (nSPS) is 21.9. The highest BCUT2D eigenvalue weighted by Crippen LogP contribution is 2.37. The molecule has 0 aliphatic carbocycles. The second-order valence-corrected chi connectivity index (χ2v) is 8.88. The number of nitrogens with one attached hydrogen (secondary N) is 1. The van der Waals surface area contributed by atoms with Gasteiger partial charge in [-0.05, 0) is 42.7 Å². The van der Waals surface area contributed by atoms with Crippen molar-refractivity contribution in [3.63, 3.8) is 0 Å². The second kappa shape index (κ2) is 10.5. The van der Waals surface area contributed by atoms with Crippen molar-refractivity contribution in [3.05, 3.63) is 53.6 Å². The molecule has 0 saturated carbocycles. The fourth-order valence-electron chi connectivity index (χ4n) is 4.77. The summed E-state index contributed by atoms with van der Waals surface area (Å²) in [6.07, 6.45) is 1.57. The Balaban J connectivity index is 1.36. The molecule has 2 saturated heterocycles. The first-order chi connectivity index (χ1) is 17.1. The molecule has 1 N–H and O–H groups in total. The standard InChI is InChI=1S/C26H31N3O6/c1-32-23-15-18(8-9-22(23)35-17-24(30)28-10-13-33-14-11-28)25-27-21-7-3-2-6-20(21)26(31)29(25)16-19-5-4-12-34-19/h2-3,6-9,15,19,25,27H,4-5,10-14,16-17H2,1H3/t19-,25+/m0/s1. The number of carbonyl (C=O) groups is 2. The molecule has 3 heterocycles. The van der Waals surface area contributed by atoms with E-state index in [1.54, 1.807) is 18.1 Å². The van der Waals surface area contributed by atoms with Crippen molar-refractivity contribution >= 4 is 17.5 Å². The van der Waals surface area contributed by atoms with E-state index < -0.39 is 0 Å². The SMILES string of the molecule is COc1cc([C@@H]2Nc3ccccc3C(=O)N2C[C@@H]2CCCO2)ccc1OCC(=O)N1CCOCC1. The van der Waals surface area contributed by atoms with Gasteiger partial charge in [0.1, 0.15) is 6.17 Å². The summed E-state index contributed by atoms with van der Waals surface area (Å²) in [5.41, 5.74) is 2.30. The zero-order valence-corrected chi connectivity index (χ0v) is 19.9. The fraction of sp³-hybridized carbons (Fsp3) is 0.462. The molecule has 0 aromatic heterocycles. The number of amides is 2. The van der Waals surface area contributed by atoms with E-state index in [9.17, 15) is 9.59 Å². The lowest BCUT2D eigenvalue weighted by Crippen LogP contribution is -2.46. The molecule has 9 nitrogen and oxygen atoms in total. The van der Waals surface area contributed by atoms with Gasteiger partial charge >= 0.3 is 0 Å². The summed E-state index contributed by atoms with van der Waals surface area (Å²) in [5, 5.41) is 3.51. The van der Waals surface area contributed by atoms with Gasteiger partial charge < -0.3 is 34.1 Å². The minimum absolute atomic E-state index is 0.0178. The Hall–Kier alpha value is -3.30. The molecule has 0 bridgehead atoms. The molecule has 2 amide bonds. The average Bonchev–Trinajstić information content (AvgIpc) is 3.42. The van der Waals surface area contributed by atoms with E-state index in [2.05, 4.69) is 5.32 Å². The maximum absolute atomic E-state index is 13.5. The van der Waals surface area contributed by atoms with Gasteiger partial charge in [0.2, 0.25) is 0 Å². The first kappa shape index (κ1) is 23.4. The number of anilines is 1. The predicted octanol–water partition coefficient (Wildman–Crippen LogP) is 2.68. The van der Waals surface area contributed by atoms with Crippen LogP contribution in [0.5, 0.6) is 11.5 Å². The third-order valence-corrected chi connectivity index (χ3v) is 6.66. The van der Waals surface area contributed by atoms with Gasteiger partial charge in [0.05, 0.1) is 32.0 Å². The number of hydrogen-bond donors (Lipinski definition) is 1. The quantitative estimate of drug-likeness (QED) is 0.650. The topological polar surface area (TPSA) is 89.6 Å². The summed E-state index contributed by atoms with van der Waals surface area (Å²) in [6, 6.07) is 13.1. The maximum Gasteiger partial charge on any atom is 0.260 e. The summed E-state index contributed by atoms with van der Waals surface area (Å²) in [6.45, 7) is 3.38. The molecular formula is C26H31N3O6. The van der Waals surface area contributed by atoms with E-state index in [0.717, 1.165) is 30.7 Å². The molecule has 2 atom stereocenters. The van der Waals surface area contributed by atoms with E-state index in [1.165, 1.54) is 0 Å². The number of methoxy groups -OCH3 is 1. The van der Waals surface area contributed by atoms with Crippen LogP contribution in [-0.4, -0.2) is 80.9 Å². The lowest BCUT2D eigenvalue weighted by Gasteiger charge is -2.39. The molecule has 0 radical (unpaired) electrons. The Morgan fingerprint density at radius 3 is 2.71 bits per heavy atom. The third-order valence-electron chi connectivity index (χ3n) is 6.66. The fourth-order valence-corrected chi connectivity index (χ4v) is 4.77. The largest absolute Gasteiger partial charge is 0.493 e. The summed E-state index contributed by atoms with van der Waals surface area (Å²) >= 11 is 0. The maximum atomic E-state index is 13.5. The zero-order chi connectivity index (χ0) is 24.2. The van der Waals surface area contributed by atoms with Crippen LogP contribution < -0.4 is 14.8 Å². The van der Waals surface area contributed by atoms with Crippen LogP contribution in [0.1, 0.15) is 34.9 Å². The number of benzene rings is 2. The molecule has 5 rings (SSSR count). The first-order valence-corrected chi connectivity index (χ1v) is 12.1. The highest BCUT2D eigenvalue weighted by atomic mass is 16.5. The van der Waals surface area contributed by atoms with Crippen molar-refractivity contribution in [1.82, 2.24) is 9.80 Å². The lowest BCUT2D eigenvalue weighted by atomic mass is 10.0. The van der Waals surface area contributed by atoms with Crippen molar-refractivity contribution in [3.8, 4) is 11.5 Å². The Kier molecular flexibility index (Phi) is 7.06. The van der Waals surface area contributed by atoms with Crippen LogP contribution in [0.25, 0.3) is 0 Å². The summed E-state index contributed by atoms with van der Waals surface area (Å²) in [7, 11) is 1.56. The molecular weight excluding hydrogens is 450 g/mol. The zero-order valence-electron chi connectivity index (χ0n) is 19.9. The molecule has 2 aromatic rings. The van der Waals surface area contributed by atoms with Crippen LogP contribution in [0.4, 0.5) is 5.69 Å². The van der Waals surface area contributed by atoms with Crippen LogP contribution in [0.2, 0.25) is 0 Å². The molecule has 3 aliphatic heterocycles. The Morgan fingerprint density at radius 2 is 1.94 bits per heavy atom. The van der Waals surface area contributed by atoms with Crippen LogP contribution in [0.3, 0.4) is 0 Å². The van der Waals surface area contributed by atoms with Gasteiger partial charge in [-0.25, -0.2) is 0 Å². The number of carbonyl (C=O) groups excluding carboxylic acids is 2. The van der Waals surface area contributed by atoms with Crippen LogP contribution in [0.15, 0.2) is 42.5 Å². The van der Waals surface area contributed by atoms with E-state index in [4.69, 9.17) is 18.9 Å². The Labute approximate surface area is 204 Å². The van der Waals surface area contributed by atoms with Crippen LogP contribution in [0, 0.1) is 0 Å². The van der Waals surface area contributed by atoms with Crippen molar-refractivity contribution in [1.29, 1.82) is 0 Å². The van der Waals surface area contributed by atoms with Crippen LogP contribution in [-0.2, 0) is 14.3 Å². The van der Waals surface area contributed by atoms with E-state index in [0.29, 0.717) is 49.9 Å².